The summed E-state index contributed by atoms with van der Waals surface area (Å²) in [5, 5.41) is 8.13. The first-order valence-corrected chi connectivity index (χ1v) is 20.1. The van der Waals surface area contributed by atoms with Crippen LogP contribution in [0.4, 0.5) is 0 Å². The van der Waals surface area contributed by atoms with Crippen molar-refractivity contribution in [1.29, 1.82) is 0 Å². The number of unbranched alkanes of at least 4 members (excludes halogenated alkanes) is 6. The van der Waals surface area contributed by atoms with Crippen LogP contribution < -0.4 is 18.9 Å². The minimum absolute atomic E-state index is 0.00508. The van der Waals surface area contributed by atoms with Crippen LogP contribution in [0.3, 0.4) is 0 Å². The lowest BCUT2D eigenvalue weighted by Crippen LogP contribution is -2.15. The van der Waals surface area contributed by atoms with Crippen molar-refractivity contribution >= 4 is 42.3 Å². The molecule has 4 aromatic carbocycles. The number of hydrogen-bond donors (Lipinski definition) is 0. The molecule has 0 spiro atoms. The fourth-order valence-corrected chi connectivity index (χ4v) is 5.50. The zero-order chi connectivity index (χ0) is 44.4. The number of rotatable bonds is 26. The van der Waals surface area contributed by atoms with E-state index in [1.807, 2.05) is 0 Å². The molecule has 0 radical (unpaired) electrons. The minimum Gasteiger partial charge on any atom is -0.494 e. The summed E-state index contributed by atoms with van der Waals surface area (Å²) in [6, 6.07) is 24.4. The fourth-order valence-electron chi connectivity index (χ4n) is 5.50. The number of ether oxygens (including phenoxy) is 7. The van der Waals surface area contributed by atoms with Gasteiger partial charge in [-0.3, -0.25) is 0 Å². The van der Waals surface area contributed by atoms with Crippen LogP contribution >= 0.6 is 0 Å². The molecule has 0 aliphatic carbocycles. The van der Waals surface area contributed by atoms with Crippen molar-refractivity contribution in [3.8, 4) is 23.0 Å². The summed E-state index contributed by atoms with van der Waals surface area (Å²) < 4.78 is 37.4. The third-order valence-electron chi connectivity index (χ3n) is 8.80. The SMILES string of the molecule is C=CC(=O)OCCCCCCOc1ccc(OC(=O)c2ccc(/C=N/N=C/c3ccc(OC(=O)c4ccc(OCCCCCCOC(=O)C=C)cc4)cc3)cc2C(=O)OC)cc1. The Bertz CT molecular complexity index is 2160. The Balaban J connectivity index is 1.20. The van der Waals surface area contributed by atoms with Crippen LogP contribution in [0.5, 0.6) is 23.0 Å². The Morgan fingerprint density at radius 2 is 0.919 bits per heavy atom. The second kappa shape index (κ2) is 26.7. The van der Waals surface area contributed by atoms with Crippen LogP contribution in [-0.2, 0) is 23.8 Å². The summed E-state index contributed by atoms with van der Waals surface area (Å²) in [6.45, 7) is 8.49. The first-order chi connectivity index (χ1) is 30.2. The van der Waals surface area contributed by atoms with E-state index in [0.29, 0.717) is 60.4 Å². The van der Waals surface area contributed by atoms with Gasteiger partial charge in [0.2, 0.25) is 0 Å². The Morgan fingerprint density at radius 3 is 1.44 bits per heavy atom. The molecule has 0 aliphatic heterocycles. The van der Waals surface area contributed by atoms with Crippen molar-refractivity contribution in [2.24, 2.45) is 10.2 Å². The smallest absolute Gasteiger partial charge is 0.344 e. The van der Waals surface area contributed by atoms with Crippen LogP contribution in [0.1, 0.15) is 93.6 Å². The molecule has 0 atom stereocenters. The van der Waals surface area contributed by atoms with Crippen molar-refractivity contribution < 1.29 is 57.1 Å². The molecule has 0 unspecified atom stereocenters. The fraction of sp³-hybridized carbons (Fsp3) is 0.271. The summed E-state index contributed by atoms with van der Waals surface area (Å²) in [7, 11) is 1.21. The maximum absolute atomic E-state index is 13.1. The van der Waals surface area contributed by atoms with Gasteiger partial charge in [0.25, 0.3) is 0 Å². The van der Waals surface area contributed by atoms with E-state index in [4.69, 9.17) is 33.2 Å². The van der Waals surface area contributed by atoms with E-state index < -0.39 is 29.8 Å². The lowest BCUT2D eigenvalue weighted by molar-refractivity contribution is -0.138. The van der Waals surface area contributed by atoms with Crippen LogP contribution in [-0.4, -0.2) is 75.8 Å². The number of esters is 5. The topological polar surface area (TPSA) is 175 Å². The van der Waals surface area contributed by atoms with Gasteiger partial charge in [-0.1, -0.05) is 19.2 Å². The highest BCUT2D eigenvalue weighted by Gasteiger charge is 2.20. The Morgan fingerprint density at radius 1 is 0.484 bits per heavy atom. The van der Waals surface area contributed by atoms with Crippen LogP contribution in [0.15, 0.2) is 127 Å². The maximum Gasteiger partial charge on any atom is 0.344 e. The van der Waals surface area contributed by atoms with E-state index in [9.17, 15) is 24.0 Å². The first kappa shape index (κ1) is 47.3. The lowest BCUT2D eigenvalue weighted by Gasteiger charge is -2.10. The number of carbonyl (C=O) groups is 5. The molecule has 0 saturated carbocycles. The quantitative estimate of drug-likeness (QED) is 0.0112. The number of carbonyl (C=O) groups excluding carboxylic acids is 5. The van der Waals surface area contributed by atoms with E-state index >= 15 is 0 Å². The van der Waals surface area contributed by atoms with E-state index in [2.05, 4.69) is 23.4 Å². The van der Waals surface area contributed by atoms with Gasteiger partial charge >= 0.3 is 29.8 Å². The summed E-state index contributed by atoms with van der Waals surface area (Å²) in [5.74, 6) is -0.981. The molecule has 4 rings (SSSR count). The summed E-state index contributed by atoms with van der Waals surface area (Å²) in [5.41, 5.74) is 1.53. The van der Waals surface area contributed by atoms with Crippen molar-refractivity contribution in [2.75, 3.05) is 33.5 Å². The molecular formula is C48H50N2O12. The molecule has 0 heterocycles. The first-order valence-electron chi connectivity index (χ1n) is 20.1. The third-order valence-corrected chi connectivity index (χ3v) is 8.80. The predicted octanol–water partition coefficient (Wildman–Crippen LogP) is 8.70. The van der Waals surface area contributed by atoms with Gasteiger partial charge in [0.1, 0.15) is 23.0 Å². The van der Waals surface area contributed by atoms with Gasteiger partial charge in [0, 0.05) is 12.2 Å². The van der Waals surface area contributed by atoms with Crippen molar-refractivity contribution in [3.05, 3.63) is 144 Å². The largest absolute Gasteiger partial charge is 0.494 e. The molecule has 62 heavy (non-hydrogen) atoms. The van der Waals surface area contributed by atoms with E-state index in [1.54, 1.807) is 78.9 Å². The summed E-state index contributed by atoms with van der Waals surface area (Å²) in [6.07, 6.45) is 12.1. The molecule has 4 aromatic rings. The molecule has 0 N–H and O–H groups in total. The highest BCUT2D eigenvalue weighted by Crippen LogP contribution is 2.22. The zero-order valence-corrected chi connectivity index (χ0v) is 34.7. The molecule has 0 aromatic heterocycles. The van der Waals surface area contributed by atoms with Gasteiger partial charge in [-0.05, 0) is 147 Å². The summed E-state index contributed by atoms with van der Waals surface area (Å²) in [4.78, 5) is 60.6. The summed E-state index contributed by atoms with van der Waals surface area (Å²) >= 11 is 0. The normalized spacial score (nSPS) is 10.8. The maximum atomic E-state index is 13.1. The number of benzene rings is 4. The zero-order valence-electron chi connectivity index (χ0n) is 34.7. The molecule has 0 aliphatic rings. The average molecular weight is 847 g/mol. The number of hydrogen-bond acceptors (Lipinski definition) is 14. The highest BCUT2D eigenvalue weighted by molar-refractivity contribution is 6.05. The van der Waals surface area contributed by atoms with Gasteiger partial charge in [-0.2, -0.15) is 10.2 Å². The van der Waals surface area contributed by atoms with Crippen LogP contribution in [0.2, 0.25) is 0 Å². The number of nitrogens with zero attached hydrogens (tertiary/aromatic N) is 2. The molecule has 14 nitrogen and oxygen atoms in total. The highest BCUT2D eigenvalue weighted by atomic mass is 16.5. The Hall–Kier alpha value is -7.35. The second-order valence-electron chi connectivity index (χ2n) is 13.4. The van der Waals surface area contributed by atoms with E-state index in [1.165, 1.54) is 31.7 Å². The molecule has 14 heteroatoms. The third kappa shape index (κ3) is 17.1. The van der Waals surface area contributed by atoms with E-state index in [-0.39, 0.29) is 16.9 Å². The molecule has 0 saturated heterocycles. The standard InChI is InChI=1S/C48H50N2O12/c1-4-44(51)59-30-12-8-6-10-28-57-38-21-17-37(18-22-38)46(53)61-40-19-14-35(15-20-40)33-49-50-34-36-16-27-42(43(32-36)47(54)56-3)48(55)62-41-25-23-39(24-26-41)58-29-11-7-9-13-31-60-45(52)5-2/h4-5,14-27,32-34H,1-2,6-13,28-31H2,3H3/b49-33+,50-34+. The van der Waals surface area contributed by atoms with Gasteiger partial charge in [0.15, 0.2) is 0 Å². The van der Waals surface area contributed by atoms with Crippen molar-refractivity contribution in [3.63, 3.8) is 0 Å². The van der Waals surface area contributed by atoms with E-state index in [0.717, 1.165) is 63.5 Å². The molecule has 0 bridgehead atoms. The monoisotopic (exact) mass is 846 g/mol. The van der Waals surface area contributed by atoms with Crippen LogP contribution in [0.25, 0.3) is 0 Å². The van der Waals surface area contributed by atoms with Crippen molar-refractivity contribution in [2.45, 2.75) is 51.4 Å². The second-order valence-corrected chi connectivity index (χ2v) is 13.4. The number of methoxy groups -OCH3 is 1. The van der Waals surface area contributed by atoms with Gasteiger partial charge in [0.05, 0.1) is 62.7 Å². The molecular weight excluding hydrogens is 797 g/mol. The lowest BCUT2D eigenvalue weighted by atomic mass is 10.0. The van der Waals surface area contributed by atoms with Gasteiger partial charge in [-0.15, -0.1) is 0 Å². The van der Waals surface area contributed by atoms with Crippen LogP contribution in [0, 0.1) is 0 Å². The minimum atomic E-state index is -0.751. The molecule has 0 fully saturated rings. The Kier molecular flexibility index (Phi) is 20.4. The molecule has 324 valence electrons. The molecule has 0 amide bonds. The van der Waals surface area contributed by atoms with Gasteiger partial charge < -0.3 is 33.2 Å². The predicted molar refractivity (Wildman–Crippen MR) is 232 cm³/mol. The average Bonchev–Trinajstić information content (AvgIpc) is 3.30. The Labute approximate surface area is 360 Å². The van der Waals surface area contributed by atoms with Crippen molar-refractivity contribution in [1.82, 2.24) is 0 Å². The van der Waals surface area contributed by atoms with Gasteiger partial charge in [-0.25, -0.2) is 24.0 Å².